The summed E-state index contributed by atoms with van der Waals surface area (Å²) < 4.78 is 0. The Morgan fingerprint density at radius 1 is 1.47 bits per heavy atom. The lowest BCUT2D eigenvalue weighted by molar-refractivity contribution is 0.278. The smallest absolute Gasteiger partial charge is 0.0409 e. The molecule has 0 bridgehead atoms. The summed E-state index contributed by atoms with van der Waals surface area (Å²) in [6.07, 6.45) is 1.20. The number of hydrogen-bond acceptors (Lipinski definition) is 2. The van der Waals surface area contributed by atoms with Gasteiger partial charge in [-0.3, -0.25) is 0 Å². The molecular weight excluding hydrogens is 232 g/mol. The molecule has 0 aliphatic carbocycles. The molecule has 2 N–H and O–H groups in total. The van der Waals surface area contributed by atoms with E-state index < -0.39 is 0 Å². The predicted octanol–water partition coefficient (Wildman–Crippen LogP) is 2.99. The lowest BCUT2D eigenvalue weighted by Crippen LogP contribution is -2.47. The summed E-state index contributed by atoms with van der Waals surface area (Å²) in [4.78, 5) is 0. The zero-order valence-corrected chi connectivity index (χ0v) is 11.3. The van der Waals surface area contributed by atoms with E-state index in [2.05, 4.69) is 30.5 Å². The minimum absolute atomic E-state index is 0.360. The van der Waals surface area contributed by atoms with E-state index in [0.29, 0.717) is 18.0 Å². The molecule has 3 unspecified atom stereocenters. The Bertz CT molecular complexity index is 367. The highest BCUT2D eigenvalue weighted by atomic mass is 35.5. The third-order valence-electron chi connectivity index (χ3n) is 3.60. The molecule has 1 aromatic carbocycles. The van der Waals surface area contributed by atoms with Gasteiger partial charge in [0.1, 0.15) is 0 Å². The Labute approximate surface area is 109 Å². The van der Waals surface area contributed by atoms with Gasteiger partial charge in [0.2, 0.25) is 0 Å². The van der Waals surface area contributed by atoms with Crippen LogP contribution < -0.4 is 10.6 Å². The van der Waals surface area contributed by atoms with Crippen LogP contribution in [0.1, 0.15) is 31.9 Å². The van der Waals surface area contributed by atoms with Crippen molar-refractivity contribution in [2.24, 2.45) is 5.92 Å². The first-order valence-corrected chi connectivity index (χ1v) is 6.77. The minimum atomic E-state index is 0.360. The van der Waals surface area contributed by atoms with Gasteiger partial charge in [-0.2, -0.15) is 0 Å². The molecule has 3 heteroatoms. The molecule has 1 saturated heterocycles. The van der Waals surface area contributed by atoms with Gasteiger partial charge in [0.15, 0.2) is 0 Å². The molecule has 17 heavy (non-hydrogen) atoms. The second kappa shape index (κ2) is 5.85. The second-order valence-corrected chi connectivity index (χ2v) is 5.46. The highest BCUT2D eigenvalue weighted by molar-refractivity contribution is 6.30. The highest BCUT2D eigenvalue weighted by Crippen LogP contribution is 2.20. The standard InChI is InChI=1S/C14H21ClN2/c1-10-9-16-7-6-14(10)17-11(2)12-4-3-5-13(15)8-12/h3-5,8,10-11,14,16-17H,6-7,9H2,1-2H3. The van der Waals surface area contributed by atoms with Crippen LogP contribution in [-0.2, 0) is 0 Å². The van der Waals surface area contributed by atoms with Crippen LogP contribution in [0.2, 0.25) is 5.02 Å². The lowest BCUT2D eigenvalue weighted by Gasteiger charge is -2.33. The summed E-state index contributed by atoms with van der Waals surface area (Å²) in [5.74, 6) is 0.686. The van der Waals surface area contributed by atoms with E-state index in [1.807, 2.05) is 18.2 Å². The molecule has 3 atom stereocenters. The van der Waals surface area contributed by atoms with Crippen LogP contribution in [0.4, 0.5) is 0 Å². The van der Waals surface area contributed by atoms with E-state index >= 15 is 0 Å². The lowest BCUT2D eigenvalue weighted by atomic mass is 9.94. The number of hydrogen-bond donors (Lipinski definition) is 2. The topological polar surface area (TPSA) is 24.1 Å². The Hall–Kier alpha value is -0.570. The van der Waals surface area contributed by atoms with Crippen LogP contribution in [0, 0.1) is 5.92 Å². The first-order chi connectivity index (χ1) is 8.16. The zero-order valence-electron chi connectivity index (χ0n) is 10.5. The van der Waals surface area contributed by atoms with Gasteiger partial charge in [-0.1, -0.05) is 30.7 Å². The quantitative estimate of drug-likeness (QED) is 0.864. The van der Waals surface area contributed by atoms with E-state index in [9.17, 15) is 0 Å². The molecule has 0 amide bonds. The van der Waals surface area contributed by atoms with Crippen LogP contribution >= 0.6 is 11.6 Å². The van der Waals surface area contributed by atoms with Crippen LogP contribution in [0.15, 0.2) is 24.3 Å². The molecule has 0 spiro atoms. The Morgan fingerprint density at radius 3 is 3.00 bits per heavy atom. The summed E-state index contributed by atoms with van der Waals surface area (Å²) in [5, 5.41) is 7.95. The summed E-state index contributed by atoms with van der Waals surface area (Å²) in [6, 6.07) is 9.08. The summed E-state index contributed by atoms with van der Waals surface area (Å²) in [6.45, 7) is 6.74. The van der Waals surface area contributed by atoms with Crippen molar-refractivity contribution >= 4 is 11.6 Å². The summed E-state index contributed by atoms with van der Waals surface area (Å²) >= 11 is 6.02. The average molecular weight is 253 g/mol. The fraction of sp³-hybridized carbons (Fsp3) is 0.571. The maximum Gasteiger partial charge on any atom is 0.0409 e. The zero-order chi connectivity index (χ0) is 12.3. The van der Waals surface area contributed by atoms with E-state index in [4.69, 9.17) is 11.6 Å². The monoisotopic (exact) mass is 252 g/mol. The SMILES string of the molecule is CC(NC1CCNCC1C)c1cccc(Cl)c1. The number of nitrogens with one attached hydrogen (secondary N) is 2. The van der Waals surface area contributed by atoms with Gasteiger partial charge in [-0.05, 0) is 50.0 Å². The van der Waals surface area contributed by atoms with Crippen molar-refractivity contribution in [3.8, 4) is 0 Å². The van der Waals surface area contributed by atoms with Crippen molar-refractivity contribution in [2.75, 3.05) is 13.1 Å². The number of benzene rings is 1. The normalized spacial score (nSPS) is 26.8. The van der Waals surface area contributed by atoms with E-state index in [-0.39, 0.29) is 0 Å². The Balaban J connectivity index is 1.98. The van der Waals surface area contributed by atoms with Crippen molar-refractivity contribution in [1.82, 2.24) is 10.6 Å². The van der Waals surface area contributed by atoms with Crippen molar-refractivity contribution in [2.45, 2.75) is 32.4 Å². The van der Waals surface area contributed by atoms with Crippen molar-refractivity contribution in [3.05, 3.63) is 34.9 Å². The highest BCUT2D eigenvalue weighted by Gasteiger charge is 2.22. The molecular formula is C14H21ClN2. The summed E-state index contributed by atoms with van der Waals surface area (Å²) in [7, 11) is 0. The maximum atomic E-state index is 6.02. The summed E-state index contributed by atoms with van der Waals surface area (Å²) in [5.41, 5.74) is 1.27. The van der Waals surface area contributed by atoms with Gasteiger partial charge in [0.05, 0.1) is 0 Å². The molecule has 1 aliphatic heterocycles. The molecule has 0 aromatic heterocycles. The van der Waals surface area contributed by atoms with Crippen LogP contribution in [-0.4, -0.2) is 19.1 Å². The molecule has 1 heterocycles. The van der Waals surface area contributed by atoms with E-state index in [1.165, 1.54) is 12.0 Å². The van der Waals surface area contributed by atoms with Crippen molar-refractivity contribution in [3.63, 3.8) is 0 Å². The largest absolute Gasteiger partial charge is 0.316 e. The molecule has 1 fully saturated rings. The molecule has 1 aromatic rings. The average Bonchev–Trinajstić information content (AvgIpc) is 2.32. The van der Waals surface area contributed by atoms with E-state index in [0.717, 1.165) is 18.1 Å². The minimum Gasteiger partial charge on any atom is -0.316 e. The van der Waals surface area contributed by atoms with Crippen molar-refractivity contribution < 1.29 is 0 Å². The molecule has 2 rings (SSSR count). The fourth-order valence-corrected chi connectivity index (χ4v) is 2.65. The van der Waals surface area contributed by atoms with Gasteiger partial charge in [-0.25, -0.2) is 0 Å². The maximum absolute atomic E-state index is 6.02. The van der Waals surface area contributed by atoms with Gasteiger partial charge in [0.25, 0.3) is 0 Å². The van der Waals surface area contributed by atoms with E-state index in [1.54, 1.807) is 0 Å². The fourth-order valence-electron chi connectivity index (χ4n) is 2.45. The first kappa shape index (κ1) is 12.9. The van der Waals surface area contributed by atoms with Gasteiger partial charge in [-0.15, -0.1) is 0 Å². The van der Waals surface area contributed by atoms with Crippen LogP contribution in [0.25, 0.3) is 0 Å². The number of piperidine rings is 1. The predicted molar refractivity (Wildman–Crippen MR) is 73.4 cm³/mol. The molecule has 0 saturated carbocycles. The third kappa shape index (κ3) is 3.44. The molecule has 0 radical (unpaired) electrons. The molecule has 2 nitrogen and oxygen atoms in total. The van der Waals surface area contributed by atoms with Crippen LogP contribution in [0.5, 0.6) is 0 Å². The third-order valence-corrected chi connectivity index (χ3v) is 3.83. The Morgan fingerprint density at radius 2 is 2.29 bits per heavy atom. The van der Waals surface area contributed by atoms with Crippen molar-refractivity contribution in [1.29, 1.82) is 0 Å². The van der Waals surface area contributed by atoms with Crippen LogP contribution in [0.3, 0.4) is 0 Å². The second-order valence-electron chi connectivity index (χ2n) is 5.02. The number of rotatable bonds is 3. The van der Waals surface area contributed by atoms with Gasteiger partial charge >= 0.3 is 0 Å². The van der Waals surface area contributed by atoms with Gasteiger partial charge < -0.3 is 10.6 Å². The van der Waals surface area contributed by atoms with Gasteiger partial charge in [0, 0.05) is 17.1 Å². The first-order valence-electron chi connectivity index (χ1n) is 6.39. The molecule has 94 valence electrons. The number of halogens is 1. The molecule has 1 aliphatic rings. The Kier molecular flexibility index (Phi) is 4.43.